The number of thiazole rings is 1. The van der Waals surface area contributed by atoms with E-state index in [1.165, 1.54) is 6.07 Å². The van der Waals surface area contributed by atoms with Crippen LogP contribution in [0, 0.1) is 5.82 Å². The van der Waals surface area contributed by atoms with Crippen LogP contribution in [0.4, 0.5) is 4.39 Å². The second-order valence-electron chi connectivity index (χ2n) is 3.29. The molecule has 2 aromatic rings. The van der Waals surface area contributed by atoms with E-state index in [2.05, 4.69) is 18.8 Å². The van der Waals surface area contributed by atoms with Gasteiger partial charge in [0.25, 0.3) is 0 Å². The van der Waals surface area contributed by atoms with Gasteiger partial charge in [0.2, 0.25) is 0 Å². The number of nitrogens with zero attached hydrogens (tertiary/aromatic N) is 1. The van der Waals surface area contributed by atoms with Crippen molar-refractivity contribution in [3.63, 3.8) is 0 Å². The van der Waals surface area contributed by atoms with Crippen LogP contribution >= 0.6 is 11.3 Å². The summed E-state index contributed by atoms with van der Waals surface area (Å²) in [6, 6.07) is 5.08. The molecule has 0 N–H and O–H groups in total. The first-order valence-corrected chi connectivity index (χ1v) is 5.05. The van der Waals surface area contributed by atoms with Gasteiger partial charge in [-0.05, 0) is 12.1 Å². The van der Waals surface area contributed by atoms with E-state index >= 15 is 0 Å². The lowest BCUT2D eigenvalue weighted by atomic mass is 10.2. The molecule has 1 heterocycles. The zero-order chi connectivity index (χ0) is 9.42. The van der Waals surface area contributed by atoms with Crippen LogP contribution in [0.1, 0.15) is 24.8 Å². The first-order chi connectivity index (χ1) is 6.18. The molecule has 2 rings (SSSR count). The van der Waals surface area contributed by atoms with Crippen molar-refractivity contribution in [1.29, 1.82) is 0 Å². The van der Waals surface area contributed by atoms with Crippen molar-refractivity contribution in [2.75, 3.05) is 0 Å². The fourth-order valence-electron chi connectivity index (χ4n) is 1.18. The Hall–Kier alpha value is -0.960. The second-order valence-corrected chi connectivity index (χ2v) is 4.36. The lowest BCUT2D eigenvalue weighted by Gasteiger charge is -1.94. The van der Waals surface area contributed by atoms with Gasteiger partial charge in [0.1, 0.15) is 11.3 Å². The van der Waals surface area contributed by atoms with E-state index in [0.717, 1.165) is 9.71 Å². The van der Waals surface area contributed by atoms with Crippen LogP contribution in [0.25, 0.3) is 10.2 Å². The first-order valence-electron chi connectivity index (χ1n) is 4.23. The molecule has 0 atom stereocenters. The molecule has 0 bridgehead atoms. The lowest BCUT2D eigenvalue weighted by Crippen LogP contribution is -1.84. The van der Waals surface area contributed by atoms with E-state index in [0.29, 0.717) is 11.4 Å². The number of para-hydroxylation sites is 1. The summed E-state index contributed by atoms with van der Waals surface area (Å²) in [5.74, 6) is 0.150. The number of hydrogen-bond donors (Lipinski definition) is 0. The van der Waals surface area contributed by atoms with Gasteiger partial charge in [0.15, 0.2) is 0 Å². The Morgan fingerprint density at radius 1 is 1.38 bits per heavy atom. The van der Waals surface area contributed by atoms with Crippen LogP contribution in [-0.4, -0.2) is 4.98 Å². The Bertz CT molecular complexity index is 433. The third kappa shape index (κ3) is 1.44. The topological polar surface area (TPSA) is 12.9 Å². The zero-order valence-electron chi connectivity index (χ0n) is 7.54. The van der Waals surface area contributed by atoms with Crippen molar-refractivity contribution >= 4 is 21.6 Å². The van der Waals surface area contributed by atoms with Crippen LogP contribution in [0.3, 0.4) is 0 Å². The summed E-state index contributed by atoms with van der Waals surface area (Å²) in [6.45, 7) is 4.13. The standard InChI is InChI=1S/C10H10FNS/c1-6(2)10-12-9-7(11)4-3-5-8(9)13-10/h3-6H,1-2H3. The van der Waals surface area contributed by atoms with Gasteiger partial charge in [-0.25, -0.2) is 9.37 Å². The fourth-order valence-corrected chi connectivity index (χ4v) is 2.16. The Balaban J connectivity index is 2.68. The van der Waals surface area contributed by atoms with Crippen LogP contribution in [0.2, 0.25) is 0 Å². The smallest absolute Gasteiger partial charge is 0.150 e. The van der Waals surface area contributed by atoms with Gasteiger partial charge in [-0.1, -0.05) is 19.9 Å². The number of aromatic nitrogens is 1. The van der Waals surface area contributed by atoms with E-state index in [4.69, 9.17) is 0 Å². The van der Waals surface area contributed by atoms with Crippen molar-refractivity contribution in [2.45, 2.75) is 19.8 Å². The molecule has 0 aliphatic rings. The third-order valence-corrected chi connectivity index (χ3v) is 3.20. The summed E-state index contributed by atoms with van der Waals surface area (Å²) >= 11 is 1.57. The number of hydrogen-bond acceptors (Lipinski definition) is 2. The van der Waals surface area contributed by atoms with Gasteiger partial charge in [0, 0.05) is 5.92 Å². The van der Waals surface area contributed by atoms with Crippen molar-refractivity contribution in [2.24, 2.45) is 0 Å². The minimum absolute atomic E-state index is 0.222. The summed E-state index contributed by atoms with van der Waals surface area (Å²) in [5.41, 5.74) is 0.510. The molecule has 13 heavy (non-hydrogen) atoms. The van der Waals surface area contributed by atoms with Crippen LogP contribution in [-0.2, 0) is 0 Å². The normalized spacial score (nSPS) is 11.4. The van der Waals surface area contributed by atoms with E-state index in [1.807, 2.05) is 6.07 Å². The number of fused-ring (bicyclic) bond motifs is 1. The molecule has 0 spiro atoms. The van der Waals surface area contributed by atoms with Gasteiger partial charge in [-0.2, -0.15) is 0 Å². The molecule has 0 fully saturated rings. The summed E-state index contributed by atoms with van der Waals surface area (Å²) in [4.78, 5) is 4.26. The van der Waals surface area contributed by atoms with Gasteiger partial charge in [-0.15, -0.1) is 11.3 Å². The fraction of sp³-hybridized carbons (Fsp3) is 0.300. The predicted octanol–water partition coefficient (Wildman–Crippen LogP) is 3.56. The van der Waals surface area contributed by atoms with Crippen LogP contribution in [0.15, 0.2) is 18.2 Å². The van der Waals surface area contributed by atoms with E-state index < -0.39 is 0 Å². The number of benzene rings is 1. The maximum absolute atomic E-state index is 13.2. The molecule has 0 aliphatic heterocycles. The monoisotopic (exact) mass is 195 g/mol. The van der Waals surface area contributed by atoms with Gasteiger partial charge < -0.3 is 0 Å². The van der Waals surface area contributed by atoms with Crippen molar-refractivity contribution in [1.82, 2.24) is 4.98 Å². The van der Waals surface area contributed by atoms with Crippen molar-refractivity contribution < 1.29 is 4.39 Å². The Labute approximate surface area is 80.2 Å². The minimum Gasteiger partial charge on any atom is -0.238 e. The molecule has 0 aliphatic carbocycles. The van der Waals surface area contributed by atoms with E-state index in [1.54, 1.807) is 17.4 Å². The molecule has 0 unspecified atom stereocenters. The Morgan fingerprint density at radius 3 is 2.77 bits per heavy atom. The quantitative estimate of drug-likeness (QED) is 0.678. The zero-order valence-corrected chi connectivity index (χ0v) is 8.36. The molecule has 1 nitrogen and oxygen atoms in total. The highest BCUT2D eigenvalue weighted by atomic mass is 32.1. The molecule has 3 heteroatoms. The average Bonchev–Trinajstić information content (AvgIpc) is 2.49. The largest absolute Gasteiger partial charge is 0.238 e. The summed E-state index contributed by atoms with van der Waals surface area (Å²) in [7, 11) is 0. The molecule has 68 valence electrons. The third-order valence-electron chi connectivity index (χ3n) is 1.88. The molecule has 0 radical (unpaired) electrons. The van der Waals surface area contributed by atoms with Crippen LogP contribution < -0.4 is 0 Å². The first kappa shape index (κ1) is 8.63. The number of halogens is 1. The molecule has 1 aromatic carbocycles. The molecular weight excluding hydrogens is 185 g/mol. The highest BCUT2D eigenvalue weighted by Gasteiger charge is 2.09. The van der Waals surface area contributed by atoms with Gasteiger partial charge in [0.05, 0.1) is 9.71 Å². The molecule has 0 saturated heterocycles. The molecular formula is C10H10FNS. The number of rotatable bonds is 1. The SMILES string of the molecule is CC(C)c1nc2c(F)cccc2s1. The Kier molecular flexibility index (Phi) is 2.04. The minimum atomic E-state index is -0.222. The summed E-state index contributed by atoms with van der Waals surface area (Å²) in [6.07, 6.45) is 0. The van der Waals surface area contributed by atoms with Gasteiger partial charge in [-0.3, -0.25) is 0 Å². The Morgan fingerprint density at radius 2 is 2.15 bits per heavy atom. The molecule has 0 saturated carbocycles. The lowest BCUT2D eigenvalue weighted by molar-refractivity contribution is 0.636. The summed E-state index contributed by atoms with van der Waals surface area (Å²) < 4.78 is 14.1. The van der Waals surface area contributed by atoms with Gasteiger partial charge >= 0.3 is 0 Å². The highest BCUT2D eigenvalue weighted by Crippen LogP contribution is 2.28. The van der Waals surface area contributed by atoms with Crippen LogP contribution in [0.5, 0.6) is 0 Å². The van der Waals surface area contributed by atoms with Crippen molar-refractivity contribution in [3.8, 4) is 0 Å². The van der Waals surface area contributed by atoms with Crippen molar-refractivity contribution in [3.05, 3.63) is 29.0 Å². The van der Waals surface area contributed by atoms with E-state index in [-0.39, 0.29) is 5.82 Å². The maximum Gasteiger partial charge on any atom is 0.150 e. The average molecular weight is 195 g/mol. The second kappa shape index (κ2) is 3.07. The summed E-state index contributed by atoms with van der Waals surface area (Å²) in [5, 5.41) is 1.00. The van der Waals surface area contributed by atoms with E-state index in [9.17, 15) is 4.39 Å². The predicted molar refractivity (Wildman–Crippen MR) is 53.7 cm³/mol. The maximum atomic E-state index is 13.2. The molecule has 1 aromatic heterocycles. The highest BCUT2D eigenvalue weighted by molar-refractivity contribution is 7.18. The molecule has 0 amide bonds.